The van der Waals surface area contributed by atoms with E-state index in [4.69, 9.17) is 4.74 Å². The van der Waals surface area contributed by atoms with Gasteiger partial charge in [0.05, 0.1) is 12.4 Å². The molecule has 90 valence electrons. The summed E-state index contributed by atoms with van der Waals surface area (Å²) in [6, 6.07) is 3.51. The number of aromatic nitrogens is 1. The van der Waals surface area contributed by atoms with Gasteiger partial charge in [0.15, 0.2) is 0 Å². The van der Waals surface area contributed by atoms with Crippen LogP contribution in [0, 0.1) is 0 Å². The van der Waals surface area contributed by atoms with Crippen molar-refractivity contribution in [2.75, 3.05) is 7.11 Å². The molecular weight excluding hydrogens is 228 g/mol. The normalized spacial score (nSPS) is 11.8. The molecule has 1 N–H and O–H groups in total. The molecule has 0 saturated heterocycles. The molecule has 0 amide bonds. The fraction of sp³-hybridized carbons (Fsp3) is 0.500. The predicted molar refractivity (Wildman–Crippen MR) is 61.7 cm³/mol. The lowest BCUT2D eigenvalue weighted by Gasteiger charge is -2.11. The molecule has 0 aliphatic carbocycles. The molecule has 0 fully saturated rings. The van der Waals surface area contributed by atoms with Crippen molar-refractivity contribution in [1.29, 1.82) is 0 Å². The van der Waals surface area contributed by atoms with Crippen LogP contribution in [0.4, 0.5) is 0 Å². The Hall–Kier alpha value is -1.14. The van der Waals surface area contributed by atoms with E-state index in [1.165, 1.54) is 7.11 Å². The minimum atomic E-state index is -3.25. The summed E-state index contributed by atoms with van der Waals surface area (Å²) in [7, 11) is -1.75. The van der Waals surface area contributed by atoms with Crippen LogP contribution in [0.5, 0.6) is 5.88 Å². The van der Waals surface area contributed by atoms with Gasteiger partial charge in [0.25, 0.3) is 0 Å². The average molecular weight is 244 g/mol. The fourth-order valence-electron chi connectivity index (χ4n) is 1.09. The molecule has 1 aromatic heterocycles. The summed E-state index contributed by atoms with van der Waals surface area (Å²) < 4.78 is 30.6. The van der Waals surface area contributed by atoms with Crippen molar-refractivity contribution in [2.24, 2.45) is 0 Å². The lowest BCUT2D eigenvalue weighted by molar-refractivity contribution is 0.392. The summed E-state index contributed by atoms with van der Waals surface area (Å²) in [6.07, 6.45) is 1.60. The van der Waals surface area contributed by atoms with E-state index in [-0.39, 0.29) is 6.54 Å². The van der Waals surface area contributed by atoms with E-state index < -0.39 is 15.3 Å². The van der Waals surface area contributed by atoms with Gasteiger partial charge >= 0.3 is 0 Å². The number of nitrogens with one attached hydrogen (secondary N) is 1. The molecular formula is C10H16N2O3S. The Morgan fingerprint density at radius 2 is 2.19 bits per heavy atom. The highest BCUT2D eigenvalue weighted by Crippen LogP contribution is 2.13. The van der Waals surface area contributed by atoms with Gasteiger partial charge in [-0.1, -0.05) is 6.07 Å². The van der Waals surface area contributed by atoms with Gasteiger partial charge in [0.2, 0.25) is 15.9 Å². The van der Waals surface area contributed by atoms with E-state index in [1.807, 2.05) is 0 Å². The minimum absolute atomic E-state index is 0.192. The largest absolute Gasteiger partial charge is 0.481 e. The van der Waals surface area contributed by atoms with Crippen LogP contribution in [0.15, 0.2) is 18.3 Å². The highest BCUT2D eigenvalue weighted by Gasteiger charge is 2.15. The third kappa shape index (κ3) is 3.18. The molecule has 0 atom stereocenters. The smallest absolute Gasteiger partial charge is 0.217 e. The van der Waals surface area contributed by atoms with Crippen molar-refractivity contribution in [3.05, 3.63) is 23.9 Å². The number of methoxy groups -OCH3 is 1. The number of hydrogen-bond acceptors (Lipinski definition) is 4. The van der Waals surface area contributed by atoms with Gasteiger partial charge in [-0.15, -0.1) is 0 Å². The highest BCUT2D eigenvalue weighted by molar-refractivity contribution is 7.90. The van der Waals surface area contributed by atoms with Crippen LogP contribution < -0.4 is 9.46 Å². The molecule has 6 heteroatoms. The van der Waals surface area contributed by atoms with Crippen LogP contribution in [0.2, 0.25) is 0 Å². The zero-order valence-electron chi connectivity index (χ0n) is 9.60. The molecule has 0 radical (unpaired) electrons. The molecule has 0 aliphatic rings. The topological polar surface area (TPSA) is 68.3 Å². The highest BCUT2D eigenvalue weighted by atomic mass is 32.2. The Balaban J connectivity index is 2.75. The number of rotatable bonds is 5. The van der Waals surface area contributed by atoms with Gasteiger partial charge in [-0.05, 0) is 19.9 Å². The van der Waals surface area contributed by atoms with E-state index in [9.17, 15) is 8.42 Å². The van der Waals surface area contributed by atoms with Gasteiger partial charge in [-0.2, -0.15) is 0 Å². The Morgan fingerprint density at radius 3 is 2.75 bits per heavy atom. The Bertz CT molecular complexity index is 443. The number of nitrogens with zero attached hydrogens (tertiary/aromatic N) is 1. The molecule has 0 saturated carbocycles. The molecule has 5 nitrogen and oxygen atoms in total. The van der Waals surface area contributed by atoms with E-state index in [1.54, 1.807) is 32.2 Å². The quantitative estimate of drug-likeness (QED) is 0.836. The lowest BCUT2D eigenvalue weighted by atomic mass is 10.3. The summed E-state index contributed by atoms with van der Waals surface area (Å²) >= 11 is 0. The number of hydrogen-bond donors (Lipinski definition) is 1. The second-order valence-electron chi connectivity index (χ2n) is 3.59. The number of ether oxygens (including phenoxy) is 1. The molecule has 1 heterocycles. The summed E-state index contributed by atoms with van der Waals surface area (Å²) in [6.45, 7) is 3.45. The van der Waals surface area contributed by atoms with Crippen molar-refractivity contribution in [2.45, 2.75) is 25.6 Å². The zero-order valence-corrected chi connectivity index (χ0v) is 10.4. The number of pyridine rings is 1. The maximum absolute atomic E-state index is 11.5. The van der Waals surface area contributed by atoms with Gasteiger partial charge in [0, 0.05) is 18.3 Å². The van der Waals surface area contributed by atoms with Gasteiger partial charge < -0.3 is 4.74 Å². The molecule has 0 aromatic carbocycles. The molecule has 0 aliphatic heterocycles. The van der Waals surface area contributed by atoms with Crippen molar-refractivity contribution in [1.82, 2.24) is 9.71 Å². The summed E-state index contributed by atoms with van der Waals surface area (Å²) in [5.74, 6) is 0.439. The molecule has 1 aromatic rings. The maximum atomic E-state index is 11.5. The average Bonchev–Trinajstić information content (AvgIpc) is 2.26. The Morgan fingerprint density at radius 1 is 1.50 bits per heavy atom. The fourth-order valence-corrected chi connectivity index (χ4v) is 1.78. The van der Waals surface area contributed by atoms with Crippen LogP contribution >= 0.6 is 0 Å². The van der Waals surface area contributed by atoms with Crippen molar-refractivity contribution < 1.29 is 13.2 Å². The first kappa shape index (κ1) is 12.9. The first-order valence-electron chi connectivity index (χ1n) is 4.93. The number of sulfonamides is 1. The van der Waals surface area contributed by atoms with Gasteiger partial charge in [-0.3, -0.25) is 0 Å². The van der Waals surface area contributed by atoms with Crippen LogP contribution in [0.1, 0.15) is 19.4 Å². The van der Waals surface area contributed by atoms with Crippen molar-refractivity contribution in [3.63, 3.8) is 0 Å². The Labute approximate surface area is 95.9 Å². The van der Waals surface area contributed by atoms with Crippen LogP contribution in [0.3, 0.4) is 0 Å². The molecule has 0 bridgehead atoms. The van der Waals surface area contributed by atoms with E-state index in [2.05, 4.69) is 9.71 Å². The van der Waals surface area contributed by atoms with E-state index in [0.29, 0.717) is 11.4 Å². The first-order chi connectivity index (χ1) is 7.47. The second kappa shape index (κ2) is 5.27. The summed E-state index contributed by atoms with van der Waals surface area (Å²) in [5, 5.41) is -0.449. The van der Waals surface area contributed by atoms with Crippen LogP contribution in [-0.2, 0) is 16.6 Å². The van der Waals surface area contributed by atoms with E-state index >= 15 is 0 Å². The lowest BCUT2D eigenvalue weighted by Crippen LogP contribution is -2.30. The molecule has 0 unspecified atom stereocenters. The standard InChI is InChI=1S/C10H16N2O3S/c1-8(2)16(13,14)12-7-9-5-4-6-11-10(9)15-3/h4-6,8,12H,7H2,1-3H3. The zero-order chi connectivity index (χ0) is 12.2. The first-order valence-corrected chi connectivity index (χ1v) is 6.48. The second-order valence-corrected chi connectivity index (χ2v) is 5.91. The van der Waals surface area contributed by atoms with Crippen LogP contribution in [-0.4, -0.2) is 25.8 Å². The maximum Gasteiger partial charge on any atom is 0.217 e. The van der Waals surface area contributed by atoms with Gasteiger partial charge in [-0.25, -0.2) is 18.1 Å². The van der Waals surface area contributed by atoms with Gasteiger partial charge in [0.1, 0.15) is 0 Å². The summed E-state index contributed by atoms with van der Waals surface area (Å²) in [4.78, 5) is 3.99. The predicted octanol–water partition coefficient (Wildman–Crippen LogP) is 0.918. The minimum Gasteiger partial charge on any atom is -0.481 e. The van der Waals surface area contributed by atoms with Crippen LogP contribution in [0.25, 0.3) is 0 Å². The molecule has 0 spiro atoms. The van der Waals surface area contributed by atoms with E-state index in [0.717, 1.165) is 0 Å². The van der Waals surface area contributed by atoms with Crippen molar-refractivity contribution in [3.8, 4) is 5.88 Å². The summed E-state index contributed by atoms with van der Waals surface area (Å²) in [5.41, 5.74) is 0.717. The third-order valence-electron chi connectivity index (χ3n) is 2.13. The van der Waals surface area contributed by atoms with Crippen molar-refractivity contribution >= 4 is 10.0 Å². The third-order valence-corrected chi connectivity index (χ3v) is 3.92. The SMILES string of the molecule is COc1ncccc1CNS(=O)(=O)C(C)C. The molecule has 1 rings (SSSR count). The Kier molecular flexibility index (Phi) is 4.26. The molecule has 16 heavy (non-hydrogen) atoms. The monoisotopic (exact) mass is 244 g/mol.